The average Bonchev–Trinajstić information content (AvgIpc) is 1.82. The van der Waals surface area contributed by atoms with Crippen molar-refractivity contribution >= 4 is 12.4 Å². The van der Waals surface area contributed by atoms with Crippen LogP contribution in [0.1, 0.15) is 13.8 Å². The smallest absolute Gasteiger partial charge is 0.418 e. The van der Waals surface area contributed by atoms with E-state index in [2.05, 4.69) is 9.47 Å². The van der Waals surface area contributed by atoms with Crippen LogP contribution in [0.15, 0.2) is 0 Å². The second-order valence-corrected chi connectivity index (χ2v) is 1.91. The first kappa shape index (κ1) is 8.94. The number of rotatable bonds is 4. The standard InChI is InChI=1S/C6H9O4/c1-5(2)10-6(8)3-9-4-7/h5H,3H2,1-2H3. The van der Waals surface area contributed by atoms with Crippen LogP contribution in [0.4, 0.5) is 0 Å². The van der Waals surface area contributed by atoms with Gasteiger partial charge in [0.15, 0.2) is 6.61 Å². The Morgan fingerprint density at radius 3 is 2.60 bits per heavy atom. The fraction of sp³-hybridized carbons (Fsp3) is 0.667. The molecular weight excluding hydrogens is 136 g/mol. The van der Waals surface area contributed by atoms with E-state index in [0.29, 0.717) is 0 Å². The van der Waals surface area contributed by atoms with Gasteiger partial charge in [-0.25, -0.2) is 9.59 Å². The Hall–Kier alpha value is -1.06. The fourth-order valence-electron chi connectivity index (χ4n) is 0.385. The summed E-state index contributed by atoms with van der Waals surface area (Å²) in [5, 5.41) is 0. The van der Waals surface area contributed by atoms with Crippen molar-refractivity contribution in [1.29, 1.82) is 0 Å². The van der Waals surface area contributed by atoms with Gasteiger partial charge in [-0.1, -0.05) is 0 Å². The summed E-state index contributed by atoms with van der Waals surface area (Å²) >= 11 is 0. The predicted molar refractivity (Wildman–Crippen MR) is 32.9 cm³/mol. The number of hydrogen-bond acceptors (Lipinski definition) is 4. The zero-order chi connectivity index (χ0) is 7.98. The van der Waals surface area contributed by atoms with Gasteiger partial charge in [-0.15, -0.1) is 0 Å². The van der Waals surface area contributed by atoms with Crippen molar-refractivity contribution in [3.63, 3.8) is 0 Å². The highest BCUT2D eigenvalue weighted by Gasteiger charge is 2.04. The maximum Gasteiger partial charge on any atom is 0.418 e. The van der Waals surface area contributed by atoms with E-state index in [1.165, 1.54) is 0 Å². The van der Waals surface area contributed by atoms with Crippen LogP contribution in [0, 0.1) is 0 Å². The molecule has 0 saturated heterocycles. The molecule has 0 saturated carbocycles. The minimum Gasteiger partial charge on any atom is -0.460 e. The van der Waals surface area contributed by atoms with Crippen LogP contribution >= 0.6 is 0 Å². The fourth-order valence-corrected chi connectivity index (χ4v) is 0.385. The average molecular weight is 145 g/mol. The molecule has 0 aliphatic heterocycles. The van der Waals surface area contributed by atoms with Gasteiger partial charge >= 0.3 is 12.4 Å². The van der Waals surface area contributed by atoms with Crippen molar-refractivity contribution in [3.05, 3.63) is 0 Å². The molecule has 57 valence electrons. The van der Waals surface area contributed by atoms with Crippen LogP contribution in [-0.4, -0.2) is 25.2 Å². The zero-order valence-electron chi connectivity index (χ0n) is 5.92. The molecule has 0 unspecified atom stereocenters. The maximum atomic E-state index is 10.5. The SMILES string of the molecule is CC(C)OC(=O)CO[C]=O. The maximum absolute atomic E-state index is 10.5. The highest BCUT2D eigenvalue weighted by atomic mass is 16.6. The summed E-state index contributed by atoms with van der Waals surface area (Å²) in [6.45, 7) is 4.18. The summed E-state index contributed by atoms with van der Waals surface area (Å²) < 4.78 is 8.63. The number of hydrogen-bond donors (Lipinski definition) is 0. The molecule has 0 fully saturated rings. The van der Waals surface area contributed by atoms with E-state index in [9.17, 15) is 9.59 Å². The van der Waals surface area contributed by atoms with Gasteiger partial charge in [0, 0.05) is 0 Å². The summed E-state index contributed by atoms with van der Waals surface area (Å²) in [7, 11) is 0. The van der Waals surface area contributed by atoms with Crippen molar-refractivity contribution in [2.75, 3.05) is 6.61 Å². The second kappa shape index (κ2) is 4.78. The molecule has 10 heavy (non-hydrogen) atoms. The number of ether oxygens (including phenoxy) is 2. The largest absolute Gasteiger partial charge is 0.460 e. The molecule has 0 N–H and O–H groups in total. The molecule has 0 aromatic rings. The van der Waals surface area contributed by atoms with E-state index in [1.807, 2.05) is 0 Å². The molecule has 4 nitrogen and oxygen atoms in total. The van der Waals surface area contributed by atoms with E-state index in [-0.39, 0.29) is 12.7 Å². The third kappa shape index (κ3) is 5.08. The van der Waals surface area contributed by atoms with Gasteiger partial charge in [-0.3, -0.25) is 0 Å². The first-order valence-corrected chi connectivity index (χ1v) is 2.85. The minimum absolute atomic E-state index is 0.178. The highest BCUT2D eigenvalue weighted by Crippen LogP contribution is 1.88. The van der Waals surface area contributed by atoms with E-state index in [4.69, 9.17) is 0 Å². The molecule has 0 aliphatic rings. The van der Waals surface area contributed by atoms with Crippen LogP contribution in [0.2, 0.25) is 0 Å². The Labute approximate surface area is 59.1 Å². The van der Waals surface area contributed by atoms with Crippen molar-refractivity contribution in [1.82, 2.24) is 0 Å². The Bertz CT molecular complexity index is 119. The highest BCUT2D eigenvalue weighted by molar-refractivity contribution is 5.72. The van der Waals surface area contributed by atoms with Gasteiger partial charge < -0.3 is 9.47 Å². The number of carbonyl (C=O) groups is 1. The molecular formula is C6H9O4. The number of esters is 1. The molecule has 0 aliphatic carbocycles. The summed E-state index contributed by atoms with van der Waals surface area (Å²) in [6, 6.07) is 0. The molecule has 0 bridgehead atoms. The lowest BCUT2D eigenvalue weighted by molar-refractivity contribution is -0.150. The van der Waals surface area contributed by atoms with Gasteiger partial charge in [0.1, 0.15) is 0 Å². The Kier molecular flexibility index (Phi) is 4.28. The summed E-state index contributed by atoms with van der Waals surface area (Å²) in [5.41, 5.74) is 0. The van der Waals surface area contributed by atoms with Gasteiger partial charge in [-0.05, 0) is 13.8 Å². The van der Waals surface area contributed by atoms with Crippen molar-refractivity contribution < 1.29 is 19.1 Å². The van der Waals surface area contributed by atoms with Crippen molar-refractivity contribution in [2.24, 2.45) is 0 Å². The monoisotopic (exact) mass is 145 g/mol. The summed E-state index contributed by atoms with van der Waals surface area (Å²) in [5.74, 6) is -0.557. The van der Waals surface area contributed by atoms with Crippen LogP contribution in [0.3, 0.4) is 0 Å². The third-order valence-corrected chi connectivity index (χ3v) is 0.616. The number of carbonyl (C=O) groups excluding carboxylic acids is 2. The van der Waals surface area contributed by atoms with E-state index >= 15 is 0 Å². The van der Waals surface area contributed by atoms with Crippen molar-refractivity contribution in [2.45, 2.75) is 20.0 Å². The lowest BCUT2D eigenvalue weighted by Crippen LogP contribution is -2.16. The normalized spacial score (nSPS) is 9.10. The topological polar surface area (TPSA) is 52.6 Å². The minimum atomic E-state index is -0.557. The van der Waals surface area contributed by atoms with Gasteiger partial charge in [-0.2, -0.15) is 0 Å². The summed E-state index contributed by atoms with van der Waals surface area (Å²) in [4.78, 5) is 19.9. The molecule has 0 amide bonds. The first-order valence-electron chi connectivity index (χ1n) is 2.85. The molecule has 4 heteroatoms. The Balaban J connectivity index is 3.34. The van der Waals surface area contributed by atoms with E-state index in [1.54, 1.807) is 13.8 Å². The van der Waals surface area contributed by atoms with E-state index < -0.39 is 5.97 Å². The molecule has 0 rings (SSSR count). The lowest BCUT2D eigenvalue weighted by Gasteiger charge is -2.05. The molecule has 0 aromatic heterocycles. The molecule has 1 radical (unpaired) electrons. The van der Waals surface area contributed by atoms with Gasteiger partial charge in [0.25, 0.3) is 0 Å². The van der Waals surface area contributed by atoms with Crippen molar-refractivity contribution in [3.8, 4) is 0 Å². The van der Waals surface area contributed by atoms with Gasteiger partial charge in [0.2, 0.25) is 0 Å². The third-order valence-electron chi connectivity index (χ3n) is 0.616. The predicted octanol–water partition coefficient (Wildman–Crippen LogP) is 0.0218. The van der Waals surface area contributed by atoms with Gasteiger partial charge in [0.05, 0.1) is 6.10 Å². The lowest BCUT2D eigenvalue weighted by atomic mass is 10.5. The molecule has 0 spiro atoms. The quantitative estimate of drug-likeness (QED) is 0.523. The Morgan fingerprint density at radius 1 is 1.60 bits per heavy atom. The second-order valence-electron chi connectivity index (χ2n) is 1.91. The first-order chi connectivity index (χ1) is 4.66. The molecule has 0 aromatic carbocycles. The van der Waals surface area contributed by atoms with Crippen LogP contribution in [0.5, 0.6) is 0 Å². The Morgan fingerprint density at radius 2 is 2.20 bits per heavy atom. The zero-order valence-corrected chi connectivity index (χ0v) is 5.92. The molecule has 0 heterocycles. The van der Waals surface area contributed by atoms with Crippen LogP contribution < -0.4 is 0 Å². The molecule has 0 atom stereocenters. The van der Waals surface area contributed by atoms with Crippen LogP contribution in [0.25, 0.3) is 0 Å². The van der Waals surface area contributed by atoms with E-state index in [0.717, 1.165) is 6.47 Å². The summed E-state index contributed by atoms with van der Waals surface area (Å²) in [6.07, 6.45) is -0.178. The van der Waals surface area contributed by atoms with Crippen LogP contribution in [-0.2, 0) is 19.1 Å².